The van der Waals surface area contributed by atoms with Gasteiger partial charge in [0.25, 0.3) is 0 Å². The molecule has 0 amide bonds. The fraction of sp³-hybridized carbons (Fsp3) is 0.462. The minimum atomic E-state index is 0.576. The zero-order valence-electron chi connectivity index (χ0n) is 11.1. The molecular weight excluding hydrogens is 244 g/mol. The van der Waals surface area contributed by atoms with E-state index in [-0.39, 0.29) is 0 Å². The highest BCUT2D eigenvalue weighted by atomic mass is 16.5. The minimum Gasteiger partial charge on any atom is -0.491 e. The Morgan fingerprint density at radius 2 is 2.37 bits per heavy atom. The number of hydrogen-bond acceptors (Lipinski definition) is 4. The maximum atomic E-state index is 5.71. The van der Waals surface area contributed by atoms with Gasteiger partial charge in [-0.1, -0.05) is 18.2 Å². The molecule has 1 aromatic carbocycles. The highest BCUT2D eigenvalue weighted by molar-refractivity contribution is 5.79. The van der Waals surface area contributed by atoms with Crippen LogP contribution < -0.4 is 16.0 Å². The van der Waals surface area contributed by atoms with Crippen LogP contribution in [0.25, 0.3) is 0 Å². The molecule has 1 aliphatic rings. The van der Waals surface area contributed by atoms with Crippen molar-refractivity contribution in [2.45, 2.75) is 6.54 Å². The van der Waals surface area contributed by atoms with Crippen LogP contribution in [0.4, 0.5) is 0 Å². The van der Waals surface area contributed by atoms with E-state index < -0.39 is 0 Å². The Balaban J connectivity index is 2.10. The number of benzene rings is 1. The third-order valence-corrected chi connectivity index (χ3v) is 2.94. The number of aliphatic imine (C=N–C) groups is 1. The fourth-order valence-electron chi connectivity index (χ4n) is 1.99. The molecule has 0 aromatic heterocycles. The number of hydrazine groups is 1. The summed E-state index contributed by atoms with van der Waals surface area (Å²) < 4.78 is 10.7. The molecule has 0 saturated heterocycles. The van der Waals surface area contributed by atoms with Gasteiger partial charge in [0.15, 0.2) is 0 Å². The smallest absolute Gasteiger partial charge is 0.208 e. The summed E-state index contributed by atoms with van der Waals surface area (Å²) in [6, 6.07) is 8.01. The molecule has 6 nitrogen and oxygen atoms in total. The lowest BCUT2D eigenvalue weighted by atomic mass is 10.2. The van der Waals surface area contributed by atoms with Crippen LogP contribution in [0.3, 0.4) is 0 Å². The first-order valence-electron chi connectivity index (χ1n) is 6.31. The molecule has 0 radical (unpaired) electrons. The van der Waals surface area contributed by atoms with Crippen LogP contribution in [-0.2, 0) is 11.3 Å². The number of para-hydroxylation sites is 1. The van der Waals surface area contributed by atoms with Gasteiger partial charge in [0, 0.05) is 19.2 Å². The van der Waals surface area contributed by atoms with Crippen molar-refractivity contribution in [2.24, 2.45) is 10.8 Å². The molecule has 3 N–H and O–H groups in total. The molecule has 0 aliphatic carbocycles. The average Bonchev–Trinajstić information content (AvgIpc) is 2.66. The maximum absolute atomic E-state index is 5.71. The number of nitrogens with zero attached hydrogens (tertiary/aromatic N) is 2. The molecule has 0 atom stereocenters. The molecule has 1 aromatic rings. The number of fused-ring (bicyclic) bond motifs is 1. The Morgan fingerprint density at radius 1 is 1.53 bits per heavy atom. The number of nitrogens with two attached hydrogens (primary N) is 1. The predicted octanol–water partition coefficient (Wildman–Crippen LogP) is 0.347. The van der Waals surface area contributed by atoms with Crippen LogP contribution in [0.1, 0.15) is 5.56 Å². The van der Waals surface area contributed by atoms with Crippen molar-refractivity contribution in [3.63, 3.8) is 0 Å². The zero-order valence-corrected chi connectivity index (χ0v) is 11.1. The number of ether oxygens (including phenoxy) is 2. The van der Waals surface area contributed by atoms with E-state index in [2.05, 4.69) is 21.4 Å². The van der Waals surface area contributed by atoms with Crippen molar-refractivity contribution in [3.8, 4) is 5.75 Å². The van der Waals surface area contributed by atoms with E-state index in [9.17, 15) is 0 Å². The van der Waals surface area contributed by atoms with Crippen LogP contribution in [0, 0.1) is 0 Å². The number of methoxy groups -OCH3 is 1. The summed E-state index contributed by atoms with van der Waals surface area (Å²) in [5.41, 5.74) is 3.79. The molecule has 104 valence electrons. The summed E-state index contributed by atoms with van der Waals surface area (Å²) in [6.45, 7) is 3.24. The molecule has 1 aliphatic heterocycles. The van der Waals surface area contributed by atoms with Crippen molar-refractivity contribution in [2.75, 3.05) is 33.4 Å². The summed E-state index contributed by atoms with van der Waals surface area (Å²) in [5, 5.41) is 0. The van der Waals surface area contributed by atoms with Gasteiger partial charge in [-0.3, -0.25) is 5.43 Å². The molecular formula is C13H20N4O2. The van der Waals surface area contributed by atoms with Gasteiger partial charge in [-0.2, -0.15) is 0 Å². The molecule has 0 bridgehead atoms. The average molecular weight is 264 g/mol. The van der Waals surface area contributed by atoms with E-state index in [0.717, 1.165) is 24.4 Å². The van der Waals surface area contributed by atoms with Crippen LogP contribution in [0.2, 0.25) is 0 Å². The highest BCUT2D eigenvalue weighted by Gasteiger charge is 2.17. The molecule has 2 rings (SSSR count). The van der Waals surface area contributed by atoms with Gasteiger partial charge in [-0.25, -0.2) is 10.8 Å². The van der Waals surface area contributed by atoms with Crippen LogP contribution >= 0.6 is 0 Å². The van der Waals surface area contributed by atoms with E-state index in [1.54, 1.807) is 7.11 Å². The Kier molecular flexibility index (Phi) is 5.00. The second-order valence-electron chi connectivity index (χ2n) is 4.22. The normalized spacial score (nSPS) is 15.5. The quantitative estimate of drug-likeness (QED) is 0.271. The third kappa shape index (κ3) is 3.59. The van der Waals surface area contributed by atoms with E-state index in [4.69, 9.17) is 15.3 Å². The first kappa shape index (κ1) is 13.6. The van der Waals surface area contributed by atoms with Gasteiger partial charge >= 0.3 is 0 Å². The Hall–Kier alpha value is -1.79. The van der Waals surface area contributed by atoms with Gasteiger partial charge in [0.2, 0.25) is 5.96 Å². The monoisotopic (exact) mass is 264 g/mol. The summed E-state index contributed by atoms with van der Waals surface area (Å²) in [5.74, 6) is 7.15. The van der Waals surface area contributed by atoms with Gasteiger partial charge in [-0.05, 0) is 6.07 Å². The van der Waals surface area contributed by atoms with E-state index >= 15 is 0 Å². The second kappa shape index (κ2) is 6.96. The molecule has 0 saturated carbocycles. The van der Waals surface area contributed by atoms with E-state index in [1.165, 1.54) is 0 Å². The van der Waals surface area contributed by atoms with Crippen LogP contribution in [0.5, 0.6) is 5.75 Å². The van der Waals surface area contributed by atoms with Crippen molar-refractivity contribution in [3.05, 3.63) is 29.8 Å². The minimum absolute atomic E-state index is 0.576. The third-order valence-electron chi connectivity index (χ3n) is 2.94. The predicted molar refractivity (Wildman–Crippen MR) is 73.8 cm³/mol. The summed E-state index contributed by atoms with van der Waals surface area (Å²) >= 11 is 0. The van der Waals surface area contributed by atoms with Crippen molar-refractivity contribution >= 4 is 5.96 Å². The lowest BCUT2D eigenvalue weighted by Gasteiger charge is -2.23. The molecule has 0 spiro atoms. The lowest BCUT2D eigenvalue weighted by Crippen LogP contribution is -2.45. The van der Waals surface area contributed by atoms with Crippen molar-refractivity contribution < 1.29 is 9.47 Å². The fourth-order valence-corrected chi connectivity index (χ4v) is 1.99. The summed E-state index contributed by atoms with van der Waals surface area (Å²) in [4.78, 5) is 6.47. The van der Waals surface area contributed by atoms with Crippen molar-refractivity contribution in [1.82, 2.24) is 10.3 Å². The topological polar surface area (TPSA) is 72.1 Å². The van der Waals surface area contributed by atoms with Crippen LogP contribution in [-0.4, -0.2) is 44.3 Å². The molecule has 19 heavy (non-hydrogen) atoms. The Morgan fingerprint density at radius 3 is 3.16 bits per heavy atom. The van der Waals surface area contributed by atoms with Gasteiger partial charge in [0.05, 0.1) is 19.7 Å². The van der Waals surface area contributed by atoms with Gasteiger partial charge < -0.3 is 14.4 Å². The summed E-state index contributed by atoms with van der Waals surface area (Å²) in [7, 11) is 1.65. The molecule has 1 heterocycles. The first-order valence-corrected chi connectivity index (χ1v) is 6.31. The zero-order chi connectivity index (χ0) is 13.5. The first-order chi connectivity index (χ1) is 9.35. The largest absolute Gasteiger partial charge is 0.491 e. The van der Waals surface area contributed by atoms with Crippen molar-refractivity contribution in [1.29, 1.82) is 0 Å². The van der Waals surface area contributed by atoms with Gasteiger partial charge in [-0.15, -0.1) is 0 Å². The molecule has 0 fully saturated rings. The maximum Gasteiger partial charge on any atom is 0.208 e. The number of nitrogens with one attached hydrogen (secondary N) is 1. The van der Waals surface area contributed by atoms with E-state index in [1.807, 2.05) is 18.2 Å². The summed E-state index contributed by atoms with van der Waals surface area (Å²) in [6.07, 6.45) is 0. The Bertz CT molecular complexity index is 436. The molecule has 0 unspecified atom stereocenters. The highest BCUT2D eigenvalue weighted by Crippen LogP contribution is 2.22. The van der Waals surface area contributed by atoms with Crippen LogP contribution in [0.15, 0.2) is 29.3 Å². The second-order valence-corrected chi connectivity index (χ2v) is 4.22. The molecule has 6 heteroatoms. The van der Waals surface area contributed by atoms with E-state index in [0.29, 0.717) is 25.7 Å². The number of rotatable bonds is 3. The van der Waals surface area contributed by atoms with Gasteiger partial charge in [0.1, 0.15) is 12.4 Å². The Labute approximate surface area is 113 Å². The number of guanidine groups is 1. The lowest BCUT2D eigenvalue weighted by molar-refractivity contribution is 0.207. The SMILES string of the molecule is COCCN=C(NN)N1CCOc2ccccc2C1. The number of hydrogen-bond donors (Lipinski definition) is 2. The standard InChI is InChI=1S/C13H20N4O2/c1-18-8-6-15-13(16-14)17-7-9-19-12-5-3-2-4-11(12)10-17/h2-5H,6-10,14H2,1H3,(H,15,16).